The SMILES string of the molecule is COc1ccc([C@H]2CCCCCN2C(=O)C2CCN(S(=O)(=O)c3cc(F)ccc3F)CC2)cc1. The number of carbonyl (C=O) groups is 1. The van der Waals surface area contributed by atoms with Gasteiger partial charge in [-0.2, -0.15) is 4.31 Å². The van der Waals surface area contributed by atoms with Crippen LogP contribution in [0.15, 0.2) is 47.4 Å². The Morgan fingerprint density at radius 2 is 1.65 bits per heavy atom. The van der Waals surface area contributed by atoms with Gasteiger partial charge in [0.25, 0.3) is 0 Å². The van der Waals surface area contributed by atoms with Crippen molar-refractivity contribution >= 4 is 15.9 Å². The van der Waals surface area contributed by atoms with E-state index in [1.807, 2.05) is 29.2 Å². The van der Waals surface area contributed by atoms with Crippen molar-refractivity contribution in [3.8, 4) is 5.75 Å². The van der Waals surface area contributed by atoms with Crippen LogP contribution in [0.5, 0.6) is 5.75 Å². The summed E-state index contributed by atoms with van der Waals surface area (Å²) in [6, 6.07) is 10.2. The number of hydrogen-bond donors (Lipinski definition) is 0. The highest BCUT2D eigenvalue weighted by molar-refractivity contribution is 7.89. The Morgan fingerprint density at radius 3 is 2.32 bits per heavy atom. The molecule has 6 nitrogen and oxygen atoms in total. The number of rotatable bonds is 5. The summed E-state index contributed by atoms with van der Waals surface area (Å²) >= 11 is 0. The summed E-state index contributed by atoms with van der Waals surface area (Å²) in [6.45, 7) is 0.855. The molecule has 0 aromatic heterocycles. The highest BCUT2D eigenvalue weighted by atomic mass is 32.2. The standard InChI is InChI=1S/C25H30F2N2O4S/c1-33-21-9-6-18(7-10-21)23-5-3-2-4-14-29(23)25(30)19-12-15-28(16-13-19)34(31,32)24-17-20(26)8-11-22(24)27/h6-11,17,19,23H,2-5,12-16H2,1H3/t23-/m1/s1. The largest absolute Gasteiger partial charge is 0.497 e. The van der Waals surface area contributed by atoms with Crippen molar-refractivity contribution < 1.29 is 26.7 Å². The van der Waals surface area contributed by atoms with Gasteiger partial charge in [-0.15, -0.1) is 0 Å². The van der Waals surface area contributed by atoms with Gasteiger partial charge in [0.1, 0.15) is 22.3 Å². The second kappa shape index (κ2) is 10.4. The summed E-state index contributed by atoms with van der Waals surface area (Å²) in [5, 5.41) is 0. The molecule has 0 radical (unpaired) electrons. The van der Waals surface area contributed by atoms with E-state index in [2.05, 4.69) is 0 Å². The van der Waals surface area contributed by atoms with Crippen molar-refractivity contribution in [2.24, 2.45) is 5.92 Å². The van der Waals surface area contributed by atoms with Gasteiger partial charge < -0.3 is 9.64 Å². The highest BCUT2D eigenvalue weighted by Gasteiger charge is 2.37. The molecule has 0 unspecified atom stereocenters. The van der Waals surface area contributed by atoms with Gasteiger partial charge in [0.05, 0.1) is 13.2 Å². The van der Waals surface area contributed by atoms with Crippen LogP contribution < -0.4 is 4.74 Å². The van der Waals surface area contributed by atoms with Gasteiger partial charge in [-0.05, 0) is 61.6 Å². The van der Waals surface area contributed by atoms with E-state index >= 15 is 0 Å². The molecule has 2 aliphatic heterocycles. The van der Waals surface area contributed by atoms with Crippen LogP contribution in [-0.2, 0) is 14.8 Å². The van der Waals surface area contributed by atoms with Crippen LogP contribution in [0, 0.1) is 17.6 Å². The second-order valence-electron chi connectivity index (χ2n) is 8.92. The zero-order valence-electron chi connectivity index (χ0n) is 19.3. The molecule has 4 rings (SSSR count). The van der Waals surface area contributed by atoms with E-state index in [1.54, 1.807) is 7.11 Å². The minimum absolute atomic E-state index is 0.0240. The van der Waals surface area contributed by atoms with Crippen molar-refractivity contribution in [2.45, 2.75) is 49.5 Å². The Labute approximate surface area is 199 Å². The summed E-state index contributed by atoms with van der Waals surface area (Å²) in [6.07, 6.45) is 4.61. The lowest BCUT2D eigenvalue weighted by atomic mass is 9.94. The third kappa shape index (κ3) is 5.10. The minimum Gasteiger partial charge on any atom is -0.497 e. The van der Waals surface area contributed by atoms with Gasteiger partial charge in [0, 0.05) is 25.6 Å². The van der Waals surface area contributed by atoms with Crippen molar-refractivity contribution in [2.75, 3.05) is 26.7 Å². The lowest BCUT2D eigenvalue weighted by Gasteiger charge is -2.37. The van der Waals surface area contributed by atoms with E-state index in [0.29, 0.717) is 25.5 Å². The lowest BCUT2D eigenvalue weighted by Crippen LogP contribution is -2.45. The fourth-order valence-corrected chi connectivity index (χ4v) is 6.48. The number of hydrogen-bond acceptors (Lipinski definition) is 4. The molecule has 9 heteroatoms. The van der Waals surface area contributed by atoms with Crippen LogP contribution in [-0.4, -0.2) is 50.3 Å². The smallest absolute Gasteiger partial charge is 0.246 e. The minimum atomic E-state index is -4.17. The maximum absolute atomic E-state index is 14.1. The van der Waals surface area contributed by atoms with E-state index in [1.165, 1.54) is 0 Å². The molecule has 2 aromatic rings. The van der Waals surface area contributed by atoms with Crippen LogP contribution >= 0.6 is 0 Å². The third-order valence-electron chi connectivity index (χ3n) is 6.85. The molecule has 2 aromatic carbocycles. The Morgan fingerprint density at radius 1 is 0.941 bits per heavy atom. The van der Waals surface area contributed by atoms with Crippen LogP contribution in [0.2, 0.25) is 0 Å². The van der Waals surface area contributed by atoms with Crippen LogP contribution in [0.1, 0.15) is 50.1 Å². The van der Waals surface area contributed by atoms with Crippen molar-refractivity contribution in [1.29, 1.82) is 0 Å². The molecule has 1 atom stereocenters. The molecule has 2 saturated heterocycles. The van der Waals surface area contributed by atoms with Crippen molar-refractivity contribution in [1.82, 2.24) is 9.21 Å². The topological polar surface area (TPSA) is 66.9 Å². The third-order valence-corrected chi connectivity index (χ3v) is 8.76. The Hall–Kier alpha value is -2.52. The summed E-state index contributed by atoms with van der Waals surface area (Å²) < 4.78 is 59.9. The second-order valence-corrected chi connectivity index (χ2v) is 10.8. The van der Waals surface area contributed by atoms with Crippen molar-refractivity contribution in [3.05, 3.63) is 59.7 Å². The van der Waals surface area contributed by atoms with Crippen LogP contribution in [0.3, 0.4) is 0 Å². The molecule has 2 fully saturated rings. The van der Waals surface area contributed by atoms with Gasteiger partial charge in [0.2, 0.25) is 15.9 Å². The van der Waals surface area contributed by atoms with Gasteiger partial charge in [-0.25, -0.2) is 17.2 Å². The van der Waals surface area contributed by atoms with Gasteiger partial charge in [-0.1, -0.05) is 25.0 Å². The van der Waals surface area contributed by atoms with E-state index in [4.69, 9.17) is 4.74 Å². The summed E-state index contributed by atoms with van der Waals surface area (Å²) in [5.41, 5.74) is 1.07. The molecule has 1 amide bonds. The first-order valence-electron chi connectivity index (χ1n) is 11.7. The van der Waals surface area contributed by atoms with Crippen molar-refractivity contribution in [3.63, 3.8) is 0 Å². The van der Waals surface area contributed by atoms with E-state index < -0.39 is 26.6 Å². The summed E-state index contributed by atoms with van der Waals surface area (Å²) in [5.74, 6) is -1.29. The fraction of sp³-hybridized carbons (Fsp3) is 0.480. The van der Waals surface area contributed by atoms with Gasteiger partial charge in [-0.3, -0.25) is 4.79 Å². The number of amides is 1. The summed E-state index contributed by atoms with van der Waals surface area (Å²) in [4.78, 5) is 14.9. The Bertz CT molecular complexity index is 1120. The molecular formula is C25H30F2N2O4S. The summed E-state index contributed by atoms with van der Waals surface area (Å²) in [7, 11) is -2.56. The van der Waals surface area contributed by atoms with Crippen LogP contribution in [0.25, 0.3) is 0 Å². The number of ether oxygens (including phenoxy) is 1. The number of benzene rings is 2. The highest BCUT2D eigenvalue weighted by Crippen LogP contribution is 2.34. The average molecular weight is 493 g/mol. The molecule has 0 aliphatic carbocycles. The lowest BCUT2D eigenvalue weighted by molar-refractivity contribution is -0.139. The first kappa shape index (κ1) is 24.6. The zero-order chi connectivity index (χ0) is 24.3. The molecule has 2 heterocycles. The molecular weight excluding hydrogens is 462 g/mol. The Kier molecular flexibility index (Phi) is 7.52. The number of nitrogens with zero attached hydrogens (tertiary/aromatic N) is 2. The molecule has 34 heavy (non-hydrogen) atoms. The fourth-order valence-electron chi connectivity index (χ4n) is 4.94. The molecule has 0 saturated carbocycles. The van der Waals surface area contributed by atoms with E-state index in [0.717, 1.165) is 53.4 Å². The Balaban J connectivity index is 1.47. The van der Waals surface area contributed by atoms with Gasteiger partial charge in [0.15, 0.2) is 0 Å². The molecule has 2 aliphatic rings. The number of likely N-dealkylation sites (tertiary alicyclic amines) is 1. The monoisotopic (exact) mass is 492 g/mol. The maximum Gasteiger partial charge on any atom is 0.246 e. The average Bonchev–Trinajstić information content (AvgIpc) is 3.11. The van der Waals surface area contributed by atoms with Gasteiger partial charge >= 0.3 is 0 Å². The number of halogens is 2. The normalized spacial score (nSPS) is 20.7. The molecule has 0 bridgehead atoms. The zero-order valence-corrected chi connectivity index (χ0v) is 20.1. The molecule has 0 N–H and O–H groups in total. The first-order chi connectivity index (χ1) is 16.3. The predicted octanol–water partition coefficient (Wildman–Crippen LogP) is 4.52. The molecule has 0 spiro atoms. The maximum atomic E-state index is 14.1. The predicted molar refractivity (Wildman–Crippen MR) is 124 cm³/mol. The first-order valence-corrected chi connectivity index (χ1v) is 13.1. The van der Waals surface area contributed by atoms with E-state index in [9.17, 15) is 22.0 Å². The quantitative estimate of drug-likeness (QED) is 0.616. The number of sulfonamides is 1. The van der Waals surface area contributed by atoms with Crippen LogP contribution in [0.4, 0.5) is 8.78 Å². The van der Waals surface area contributed by atoms with E-state index in [-0.39, 0.29) is 31.0 Å². The number of methoxy groups -OCH3 is 1. The number of piperidine rings is 1. The molecule has 184 valence electrons. The number of carbonyl (C=O) groups excluding carboxylic acids is 1.